The van der Waals surface area contributed by atoms with Crippen molar-refractivity contribution in [2.75, 3.05) is 13.2 Å². The number of benzene rings is 1. The molecule has 0 aromatic heterocycles. The molecule has 2 nitrogen and oxygen atoms in total. The van der Waals surface area contributed by atoms with Crippen molar-refractivity contribution in [3.8, 4) is 5.75 Å². The molecule has 1 rings (SSSR count). The van der Waals surface area contributed by atoms with E-state index in [1.807, 2.05) is 6.07 Å². The molecule has 0 fully saturated rings. The number of ether oxygens (including phenoxy) is 1. The molecular formula is C16H27NO. The predicted molar refractivity (Wildman–Crippen MR) is 78.3 cm³/mol. The smallest absolute Gasteiger partial charge is 0.119 e. The van der Waals surface area contributed by atoms with Crippen LogP contribution in [0.4, 0.5) is 0 Å². The van der Waals surface area contributed by atoms with Gasteiger partial charge in [-0.15, -0.1) is 0 Å². The lowest BCUT2D eigenvalue weighted by Crippen LogP contribution is -2.37. The summed E-state index contributed by atoms with van der Waals surface area (Å²) in [6.07, 6.45) is 0. The topological polar surface area (TPSA) is 21.3 Å². The van der Waals surface area contributed by atoms with Crippen LogP contribution in [0, 0.1) is 19.3 Å². The van der Waals surface area contributed by atoms with E-state index >= 15 is 0 Å². The average Bonchev–Trinajstić information content (AvgIpc) is 2.28. The Morgan fingerprint density at radius 3 is 2.39 bits per heavy atom. The first-order valence-corrected chi connectivity index (χ1v) is 6.73. The normalized spacial score (nSPS) is 11.9. The molecule has 18 heavy (non-hydrogen) atoms. The molecule has 2 heteroatoms. The highest BCUT2D eigenvalue weighted by atomic mass is 16.5. The molecule has 0 aliphatic heterocycles. The van der Waals surface area contributed by atoms with Gasteiger partial charge in [0.2, 0.25) is 0 Å². The first-order chi connectivity index (χ1) is 8.30. The summed E-state index contributed by atoms with van der Waals surface area (Å²) in [6.45, 7) is 14.7. The van der Waals surface area contributed by atoms with Crippen molar-refractivity contribution < 1.29 is 4.74 Å². The van der Waals surface area contributed by atoms with E-state index in [0.29, 0.717) is 6.04 Å². The zero-order valence-corrected chi connectivity index (χ0v) is 12.6. The third-order valence-corrected chi connectivity index (χ3v) is 3.10. The highest BCUT2D eigenvalue weighted by Crippen LogP contribution is 2.20. The summed E-state index contributed by atoms with van der Waals surface area (Å²) in [6, 6.07) is 6.80. The van der Waals surface area contributed by atoms with E-state index in [4.69, 9.17) is 4.74 Å². The van der Waals surface area contributed by atoms with E-state index in [1.165, 1.54) is 11.1 Å². The van der Waals surface area contributed by atoms with E-state index in [9.17, 15) is 0 Å². The van der Waals surface area contributed by atoms with Gasteiger partial charge in [-0.05, 0) is 37.1 Å². The second-order valence-electron chi connectivity index (χ2n) is 6.23. The van der Waals surface area contributed by atoms with E-state index in [0.717, 1.165) is 18.9 Å². The third kappa shape index (κ3) is 5.09. The molecule has 1 N–H and O–H groups in total. The maximum absolute atomic E-state index is 5.90. The minimum Gasteiger partial charge on any atom is -0.493 e. The third-order valence-electron chi connectivity index (χ3n) is 3.10. The van der Waals surface area contributed by atoms with Crippen LogP contribution in [0.25, 0.3) is 0 Å². The van der Waals surface area contributed by atoms with E-state index in [1.54, 1.807) is 0 Å². The molecule has 0 unspecified atom stereocenters. The standard InChI is InChI=1S/C16H27NO/c1-12(2)17-10-16(5,6)11-18-15-8-7-13(3)14(4)9-15/h7-9,12,17H,10-11H2,1-6H3. The van der Waals surface area contributed by atoms with Crippen molar-refractivity contribution in [2.45, 2.75) is 47.6 Å². The van der Waals surface area contributed by atoms with Gasteiger partial charge in [0.1, 0.15) is 5.75 Å². The van der Waals surface area contributed by atoms with Gasteiger partial charge in [-0.25, -0.2) is 0 Å². The van der Waals surface area contributed by atoms with Gasteiger partial charge in [0.05, 0.1) is 6.61 Å². The SMILES string of the molecule is Cc1ccc(OCC(C)(C)CNC(C)C)cc1C. The van der Waals surface area contributed by atoms with Gasteiger partial charge in [-0.2, -0.15) is 0 Å². The molecule has 0 amide bonds. The average molecular weight is 249 g/mol. The summed E-state index contributed by atoms with van der Waals surface area (Å²) in [4.78, 5) is 0. The summed E-state index contributed by atoms with van der Waals surface area (Å²) in [5.74, 6) is 0.968. The molecule has 0 saturated heterocycles. The van der Waals surface area contributed by atoms with Gasteiger partial charge in [0.25, 0.3) is 0 Å². The number of aryl methyl sites for hydroxylation is 2. The second-order valence-corrected chi connectivity index (χ2v) is 6.23. The zero-order valence-electron chi connectivity index (χ0n) is 12.6. The summed E-state index contributed by atoms with van der Waals surface area (Å²) in [7, 11) is 0. The largest absolute Gasteiger partial charge is 0.493 e. The lowest BCUT2D eigenvalue weighted by Gasteiger charge is -2.26. The maximum Gasteiger partial charge on any atom is 0.119 e. The predicted octanol–water partition coefficient (Wildman–Crippen LogP) is 3.71. The fourth-order valence-corrected chi connectivity index (χ4v) is 1.61. The molecule has 0 spiro atoms. The Morgan fingerprint density at radius 2 is 1.83 bits per heavy atom. The van der Waals surface area contributed by atoms with Crippen LogP contribution in [0.15, 0.2) is 18.2 Å². The Labute approximate surface area is 112 Å². The Kier molecular flexibility index (Phi) is 5.21. The van der Waals surface area contributed by atoms with E-state index in [-0.39, 0.29) is 5.41 Å². The van der Waals surface area contributed by atoms with Gasteiger partial charge in [0, 0.05) is 18.0 Å². The van der Waals surface area contributed by atoms with E-state index < -0.39 is 0 Å². The van der Waals surface area contributed by atoms with Crippen LogP contribution in [-0.4, -0.2) is 19.2 Å². The van der Waals surface area contributed by atoms with Gasteiger partial charge in [0.15, 0.2) is 0 Å². The Hall–Kier alpha value is -1.02. The van der Waals surface area contributed by atoms with E-state index in [2.05, 4.69) is 59.0 Å². The first kappa shape index (κ1) is 15.0. The summed E-state index contributed by atoms with van der Waals surface area (Å²) < 4.78 is 5.90. The number of rotatable bonds is 6. The van der Waals surface area contributed by atoms with Crippen LogP contribution >= 0.6 is 0 Å². The minimum absolute atomic E-state index is 0.142. The van der Waals surface area contributed by atoms with Gasteiger partial charge < -0.3 is 10.1 Å². The Bertz CT molecular complexity index is 383. The highest BCUT2D eigenvalue weighted by Gasteiger charge is 2.19. The van der Waals surface area contributed by atoms with Crippen molar-refractivity contribution in [3.63, 3.8) is 0 Å². The molecule has 0 heterocycles. The molecule has 0 saturated carbocycles. The summed E-state index contributed by atoms with van der Waals surface area (Å²) >= 11 is 0. The molecule has 102 valence electrons. The molecule has 0 aliphatic rings. The quantitative estimate of drug-likeness (QED) is 0.830. The number of hydrogen-bond donors (Lipinski definition) is 1. The molecular weight excluding hydrogens is 222 g/mol. The van der Waals surface area contributed by atoms with Gasteiger partial charge in [-0.1, -0.05) is 33.8 Å². The number of nitrogens with one attached hydrogen (secondary N) is 1. The summed E-state index contributed by atoms with van der Waals surface area (Å²) in [5, 5.41) is 3.46. The Morgan fingerprint density at radius 1 is 1.17 bits per heavy atom. The molecule has 0 aliphatic carbocycles. The van der Waals surface area contributed by atoms with Crippen LogP contribution in [-0.2, 0) is 0 Å². The molecule has 0 atom stereocenters. The minimum atomic E-state index is 0.142. The lowest BCUT2D eigenvalue weighted by molar-refractivity contribution is 0.173. The van der Waals surface area contributed by atoms with Crippen molar-refractivity contribution >= 4 is 0 Å². The number of hydrogen-bond acceptors (Lipinski definition) is 2. The monoisotopic (exact) mass is 249 g/mol. The van der Waals surface area contributed by atoms with Crippen LogP contribution in [0.3, 0.4) is 0 Å². The summed E-state index contributed by atoms with van der Waals surface area (Å²) in [5.41, 5.74) is 2.73. The fourth-order valence-electron chi connectivity index (χ4n) is 1.61. The maximum atomic E-state index is 5.90. The van der Waals surface area contributed by atoms with Crippen molar-refractivity contribution in [1.82, 2.24) is 5.32 Å². The Balaban J connectivity index is 2.50. The molecule has 0 radical (unpaired) electrons. The lowest BCUT2D eigenvalue weighted by atomic mass is 9.94. The molecule has 1 aromatic rings. The highest BCUT2D eigenvalue weighted by molar-refractivity contribution is 5.33. The van der Waals surface area contributed by atoms with Crippen LogP contribution < -0.4 is 10.1 Å². The van der Waals surface area contributed by atoms with Crippen LogP contribution in [0.2, 0.25) is 0 Å². The van der Waals surface area contributed by atoms with Crippen LogP contribution in [0.5, 0.6) is 5.75 Å². The second kappa shape index (κ2) is 6.24. The van der Waals surface area contributed by atoms with Crippen molar-refractivity contribution in [1.29, 1.82) is 0 Å². The molecule has 0 bridgehead atoms. The zero-order chi connectivity index (χ0) is 13.8. The molecule has 1 aromatic carbocycles. The van der Waals surface area contributed by atoms with Crippen molar-refractivity contribution in [3.05, 3.63) is 29.3 Å². The van der Waals surface area contributed by atoms with Crippen LogP contribution in [0.1, 0.15) is 38.8 Å². The van der Waals surface area contributed by atoms with Crippen molar-refractivity contribution in [2.24, 2.45) is 5.41 Å². The van der Waals surface area contributed by atoms with Gasteiger partial charge >= 0.3 is 0 Å². The first-order valence-electron chi connectivity index (χ1n) is 6.73. The fraction of sp³-hybridized carbons (Fsp3) is 0.625. The van der Waals surface area contributed by atoms with Gasteiger partial charge in [-0.3, -0.25) is 0 Å².